The molecular weight excluding hydrogens is 840 g/mol. The van der Waals surface area contributed by atoms with Crippen molar-refractivity contribution in [1.82, 2.24) is 5.32 Å². The minimum atomic E-state index is -4.32. The molecule has 0 rings (SSSR count). The van der Waals surface area contributed by atoms with Gasteiger partial charge in [0.05, 0.1) is 39.9 Å². The molecule has 0 radical (unpaired) electrons. The highest BCUT2D eigenvalue weighted by molar-refractivity contribution is 7.47. The number of amides is 1. The lowest BCUT2D eigenvalue weighted by Crippen LogP contribution is -2.46. The van der Waals surface area contributed by atoms with Crippen LogP contribution >= 0.6 is 7.82 Å². The number of phosphoric ester groups is 1. The second kappa shape index (κ2) is 49.0. The second-order valence-corrected chi connectivity index (χ2v) is 22.5. The van der Waals surface area contributed by atoms with Crippen molar-refractivity contribution >= 4 is 13.7 Å². The zero-order valence-electron chi connectivity index (χ0n) is 44.7. The van der Waals surface area contributed by atoms with E-state index in [1.165, 1.54) is 212 Å². The number of nitrogens with one attached hydrogen (secondary N) is 1. The third-order valence-electron chi connectivity index (χ3n) is 13.2. The molecule has 0 aliphatic carbocycles. The third-order valence-corrected chi connectivity index (χ3v) is 14.2. The first-order valence-electron chi connectivity index (χ1n) is 28.7. The normalized spacial score (nSPS) is 14.1. The van der Waals surface area contributed by atoms with Crippen molar-refractivity contribution in [2.24, 2.45) is 0 Å². The summed E-state index contributed by atoms with van der Waals surface area (Å²) in [4.78, 5) is 23.3. The fourth-order valence-electron chi connectivity index (χ4n) is 8.67. The van der Waals surface area contributed by atoms with Crippen LogP contribution in [0.2, 0.25) is 0 Å². The first-order chi connectivity index (χ1) is 32.0. The zero-order chi connectivity index (χ0) is 48.5. The van der Waals surface area contributed by atoms with Gasteiger partial charge in [-0.25, -0.2) is 4.57 Å². The Labute approximate surface area is 411 Å². The number of hydrogen-bond acceptors (Lipinski definition) is 5. The number of phosphoric acid groups is 1. The maximum absolute atomic E-state index is 13.0. The maximum atomic E-state index is 13.0. The highest BCUT2D eigenvalue weighted by Gasteiger charge is 2.28. The van der Waals surface area contributed by atoms with Gasteiger partial charge in [-0.15, -0.1) is 0 Å². The van der Waals surface area contributed by atoms with E-state index in [1.807, 2.05) is 21.1 Å². The Hall–Kier alpha value is -1.02. The lowest BCUT2D eigenvalue weighted by atomic mass is 10.0. The van der Waals surface area contributed by atoms with Crippen LogP contribution in [0.4, 0.5) is 0 Å². The van der Waals surface area contributed by atoms with Gasteiger partial charge >= 0.3 is 7.82 Å². The van der Waals surface area contributed by atoms with E-state index in [2.05, 4.69) is 43.5 Å². The highest BCUT2D eigenvalue weighted by Crippen LogP contribution is 2.43. The van der Waals surface area contributed by atoms with Gasteiger partial charge in [0.1, 0.15) is 13.2 Å². The van der Waals surface area contributed by atoms with Crippen LogP contribution in [0.5, 0.6) is 0 Å². The molecule has 0 fully saturated rings. The van der Waals surface area contributed by atoms with Crippen molar-refractivity contribution in [1.29, 1.82) is 0 Å². The number of rotatable bonds is 53. The standard InChI is InChI=1S/C57H113N2O6P/c1-6-8-10-12-14-16-18-20-22-24-25-26-27-28-29-30-31-32-33-35-37-39-41-43-45-47-49-51-57(61)58-55(54-65-66(62,63)64-53-52-59(3,4)5)56(60)50-48-46-44-42-40-38-36-34-23-21-19-17-15-13-11-9-7-2/h18,20,24-25,55-56,60H,6-17,19,21-23,26-54H2,1-5H3,(H-,58,61,62,63)/p+1/b20-18-,25-24-. The number of carbonyl (C=O) groups is 1. The molecule has 8 nitrogen and oxygen atoms in total. The molecule has 3 atom stereocenters. The van der Waals surface area contributed by atoms with Gasteiger partial charge in [0.25, 0.3) is 0 Å². The van der Waals surface area contributed by atoms with Crippen LogP contribution in [0.1, 0.15) is 284 Å². The monoisotopic (exact) mass is 954 g/mol. The van der Waals surface area contributed by atoms with Gasteiger partial charge in [0.2, 0.25) is 5.91 Å². The van der Waals surface area contributed by atoms with E-state index >= 15 is 0 Å². The van der Waals surface area contributed by atoms with E-state index in [4.69, 9.17) is 9.05 Å². The van der Waals surface area contributed by atoms with Crippen molar-refractivity contribution in [2.45, 2.75) is 296 Å². The summed E-state index contributed by atoms with van der Waals surface area (Å²) < 4.78 is 23.8. The molecule has 9 heteroatoms. The van der Waals surface area contributed by atoms with Gasteiger partial charge in [-0.3, -0.25) is 13.8 Å². The summed E-state index contributed by atoms with van der Waals surface area (Å²) in [6.07, 6.45) is 60.8. The van der Waals surface area contributed by atoms with E-state index in [-0.39, 0.29) is 19.1 Å². The van der Waals surface area contributed by atoms with Crippen LogP contribution < -0.4 is 5.32 Å². The number of quaternary nitrogens is 1. The van der Waals surface area contributed by atoms with Gasteiger partial charge in [-0.05, 0) is 44.9 Å². The number of allylic oxidation sites excluding steroid dienone is 4. The van der Waals surface area contributed by atoms with Gasteiger partial charge in [-0.2, -0.15) is 0 Å². The molecule has 1 amide bonds. The molecule has 0 saturated heterocycles. The Bertz CT molecular complexity index is 1130. The Morgan fingerprint density at radius 2 is 0.864 bits per heavy atom. The topological polar surface area (TPSA) is 105 Å². The lowest BCUT2D eigenvalue weighted by molar-refractivity contribution is -0.870. The van der Waals surface area contributed by atoms with Gasteiger partial charge in [0.15, 0.2) is 0 Å². The fourth-order valence-corrected chi connectivity index (χ4v) is 9.40. The number of unbranched alkanes of at least 4 members (excludes halogenated alkanes) is 36. The summed E-state index contributed by atoms with van der Waals surface area (Å²) in [5.41, 5.74) is 0. The first-order valence-corrected chi connectivity index (χ1v) is 30.2. The molecular formula is C57H114N2O6P+. The van der Waals surface area contributed by atoms with Gasteiger partial charge < -0.3 is 19.8 Å². The maximum Gasteiger partial charge on any atom is 0.472 e. The van der Waals surface area contributed by atoms with Gasteiger partial charge in [0, 0.05) is 6.42 Å². The summed E-state index contributed by atoms with van der Waals surface area (Å²) in [6, 6.07) is -0.759. The Morgan fingerprint density at radius 3 is 1.24 bits per heavy atom. The fraction of sp³-hybridized carbons (Fsp3) is 0.912. The minimum absolute atomic E-state index is 0.0765. The lowest BCUT2D eigenvalue weighted by Gasteiger charge is -2.26. The molecule has 0 aliphatic heterocycles. The third kappa shape index (κ3) is 50.8. The van der Waals surface area contributed by atoms with E-state index in [0.717, 1.165) is 44.9 Å². The quantitative estimate of drug-likeness (QED) is 0.0243. The largest absolute Gasteiger partial charge is 0.472 e. The Morgan fingerprint density at radius 1 is 0.515 bits per heavy atom. The molecule has 0 aromatic rings. The van der Waals surface area contributed by atoms with Crippen LogP contribution in [0.15, 0.2) is 24.3 Å². The molecule has 392 valence electrons. The molecule has 0 heterocycles. The SMILES string of the molecule is CCCCCCC/C=C\C/C=C\CCCCCCCCCCCCCCCCCC(=O)NC(COP(=O)(O)OCC[N+](C)(C)C)C(O)CCCCCCCCCCCCCCCCCCC. The molecule has 0 saturated carbocycles. The highest BCUT2D eigenvalue weighted by atomic mass is 31.2. The van der Waals surface area contributed by atoms with Crippen molar-refractivity contribution in [2.75, 3.05) is 40.9 Å². The molecule has 0 aromatic heterocycles. The number of aliphatic hydroxyl groups is 1. The summed E-state index contributed by atoms with van der Waals surface area (Å²) >= 11 is 0. The molecule has 0 spiro atoms. The average Bonchev–Trinajstić information content (AvgIpc) is 3.28. The van der Waals surface area contributed by atoms with Crippen molar-refractivity contribution in [3.63, 3.8) is 0 Å². The summed E-state index contributed by atoms with van der Waals surface area (Å²) in [5, 5.41) is 14.1. The van der Waals surface area contributed by atoms with Crippen molar-refractivity contribution < 1.29 is 32.9 Å². The number of carbonyl (C=O) groups excluding carboxylic acids is 1. The summed E-state index contributed by atoms with van der Waals surface area (Å²) in [6.45, 7) is 4.91. The smallest absolute Gasteiger partial charge is 0.391 e. The van der Waals surface area contributed by atoms with Crippen LogP contribution in [-0.4, -0.2) is 73.4 Å². The van der Waals surface area contributed by atoms with Gasteiger partial charge in [-0.1, -0.05) is 256 Å². The second-order valence-electron chi connectivity index (χ2n) is 21.0. The zero-order valence-corrected chi connectivity index (χ0v) is 45.6. The predicted octanol–water partition coefficient (Wildman–Crippen LogP) is 17.2. The number of nitrogens with zero attached hydrogens (tertiary/aromatic N) is 1. The molecule has 3 N–H and O–H groups in total. The molecule has 66 heavy (non-hydrogen) atoms. The number of hydrogen-bond donors (Lipinski definition) is 3. The minimum Gasteiger partial charge on any atom is -0.391 e. The molecule has 0 bridgehead atoms. The Kier molecular flexibility index (Phi) is 48.2. The molecule has 3 unspecified atom stereocenters. The van der Waals surface area contributed by atoms with E-state index < -0.39 is 20.0 Å². The first kappa shape index (κ1) is 65.0. The predicted molar refractivity (Wildman–Crippen MR) is 286 cm³/mol. The number of likely N-dealkylation sites (N-methyl/N-ethyl adjacent to an activating group) is 1. The summed E-state index contributed by atoms with van der Waals surface area (Å²) in [5.74, 6) is -0.140. The Balaban J connectivity index is 4.11. The van der Waals surface area contributed by atoms with Crippen molar-refractivity contribution in [3.8, 4) is 0 Å². The van der Waals surface area contributed by atoms with Crippen molar-refractivity contribution in [3.05, 3.63) is 24.3 Å². The van der Waals surface area contributed by atoms with Crippen LogP contribution in [0.25, 0.3) is 0 Å². The van der Waals surface area contributed by atoms with Crippen LogP contribution in [-0.2, 0) is 18.4 Å². The average molecular weight is 955 g/mol. The molecule has 0 aliphatic rings. The molecule has 0 aromatic carbocycles. The van der Waals surface area contributed by atoms with E-state index in [0.29, 0.717) is 23.9 Å². The van der Waals surface area contributed by atoms with E-state index in [9.17, 15) is 19.4 Å². The van der Waals surface area contributed by atoms with Crippen LogP contribution in [0.3, 0.4) is 0 Å². The summed E-state index contributed by atoms with van der Waals surface area (Å²) in [7, 11) is 1.63. The van der Waals surface area contributed by atoms with Crippen LogP contribution in [0, 0.1) is 0 Å². The number of aliphatic hydroxyl groups excluding tert-OH is 1. The van der Waals surface area contributed by atoms with E-state index in [1.54, 1.807) is 0 Å².